The topological polar surface area (TPSA) is 50.4 Å². The van der Waals surface area contributed by atoms with Crippen LogP contribution in [-0.2, 0) is 6.61 Å². The maximum atomic E-state index is 9.16. The Balaban J connectivity index is 1.75. The van der Waals surface area contributed by atoms with Gasteiger partial charge in [-0.05, 0) is 24.3 Å². The van der Waals surface area contributed by atoms with Crippen LogP contribution in [0.4, 0.5) is 0 Å². The van der Waals surface area contributed by atoms with Gasteiger partial charge in [-0.1, -0.05) is 23.7 Å². The number of hydrogen-bond donors (Lipinski definition) is 1. The first kappa shape index (κ1) is 14.4. The molecule has 0 aliphatic carbocycles. The minimum Gasteiger partial charge on any atom is -0.391 e. The molecule has 23 heavy (non-hydrogen) atoms. The highest BCUT2D eigenvalue weighted by atomic mass is 35.5. The van der Waals surface area contributed by atoms with E-state index in [0.29, 0.717) is 5.02 Å². The molecule has 0 fully saturated rings. The summed E-state index contributed by atoms with van der Waals surface area (Å²) in [5.74, 6) is 0. The Hall–Kier alpha value is -2.21. The maximum Gasteiger partial charge on any atom is 0.137 e. The third-order valence-electron chi connectivity index (χ3n) is 3.55. The third kappa shape index (κ3) is 2.74. The summed E-state index contributed by atoms with van der Waals surface area (Å²) in [4.78, 5) is 9.83. The Morgan fingerprint density at radius 2 is 1.83 bits per heavy atom. The molecule has 4 rings (SSSR count). The van der Waals surface area contributed by atoms with Gasteiger partial charge in [0.25, 0.3) is 0 Å². The molecule has 114 valence electrons. The molecule has 0 atom stereocenters. The Morgan fingerprint density at radius 1 is 1.04 bits per heavy atom. The van der Waals surface area contributed by atoms with E-state index >= 15 is 0 Å². The summed E-state index contributed by atoms with van der Waals surface area (Å²) >= 11 is 7.42. The van der Waals surface area contributed by atoms with Gasteiger partial charge in [0.2, 0.25) is 0 Å². The zero-order valence-electron chi connectivity index (χ0n) is 12.0. The van der Waals surface area contributed by atoms with Crippen molar-refractivity contribution in [2.24, 2.45) is 0 Å². The van der Waals surface area contributed by atoms with Crippen molar-refractivity contribution in [3.63, 3.8) is 0 Å². The van der Waals surface area contributed by atoms with Crippen molar-refractivity contribution < 1.29 is 5.11 Å². The highest BCUT2D eigenvalue weighted by Gasteiger charge is 2.08. The van der Waals surface area contributed by atoms with Crippen LogP contribution >= 0.6 is 22.9 Å². The van der Waals surface area contributed by atoms with Gasteiger partial charge in [0.05, 0.1) is 17.2 Å². The predicted octanol–water partition coefficient (Wildman–Crippen LogP) is 4.27. The van der Waals surface area contributed by atoms with E-state index in [1.165, 1.54) is 11.3 Å². The molecule has 1 N–H and O–H groups in total. The lowest BCUT2D eigenvalue weighted by molar-refractivity contribution is 0.285. The van der Waals surface area contributed by atoms with Crippen LogP contribution in [0.2, 0.25) is 5.02 Å². The van der Waals surface area contributed by atoms with Crippen LogP contribution in [0, 0.1) is 0 Å². The second-order valence-corrected chi connectivity index (χ2v) is 6.66. The van der Waals surface area contributed by atoms with Gasteiger partial charge in [-0.3, -0.25) is 0 Å². The van der Waals surface area contributed by atoms with Crippen LogP contribution in [0.3, 0.4) is 0 Å². The Kier molecular flexibility index (Phi) is 3.61. The number of imidazole rings is 1. The van der Waals surface area contributed by atoms with Gasteiger partial charge >= 0.3 is 0 Å². The van der Waals surface area contributed by atoms with Crippen LogP contribution in [0.15, 0.2) is 55.0 Å². The number of pyridine rings is 1. The molecule has 3 heterocycles. The molecule has 0 spiro atoms. The van der Waals surface area contributed by atoms with E-state index in [0.717, 1.165) is 32.4 Å². The summed E-state index contributed by atoms with van der Waals surface area (Å²) < 4.78 is 1.99. The molecule has 0 saturated heterocycles. The Labute approximate surface area is 141 Å². The van der Waals surface area contributed by atoms with Gasteiger partial charge in [-0.2, -0.15) is 0 Å². The number of aromatic nitrogens is 3. The number of aliphatic hydroxyl groups is 1. The lowest BCUT2D eigenvalue weighted by Crippen LogP contribution is -1.84. The molecule has 0 radical (unpaired) electrons. The molecule has 0 unspecified atom stereocenters. The quantitative estimate of drug-likeness (QED) is 0.605. The lowest BCUT2D eigenvalue weighted by Gasteiger charge is -1.97. The van der Waals surface area contributed by atoms with Crippen molar-refractivity contribution in [1.29, 1.82) is 0 Å². The van der Waals surface area contributed by atoms with E-state index in [4.69, 9.17) is 16.7 Å². The van der Waals surface area contributed by atoms with Gasteiger partial charge in [0, 0.05) is 34.7 Å². The van der Waals surface area contributed by atoms with E-state index in [9.17, 15) is 0 Å². The average Bonchev–Trinajstić information content (AvgIpc) is 3.21. The van der Waals surface area contributed by atoms with E-state index in [1.807, 2.05) is 53.2 Å². The largest absolute Gasteiger partial charge is 0.391 e. The van der Waals surface area contributed by atoms with Crippen molar-refractivity contribution in [3.8, 4) is 21.8 Å². The summed E-state index contributed by atoms with van der Waals surface area (Å²) in [5, 5.41) is 10.8. The van der Waals surface area contributed by atoms with Gasteiger partial charge in [-0.25, -0.2) is 9.97 Å². The molecule has 3 aromatic heterocycles. The number of aliphatic hydroxyl groups excluding tert-OH is 1. The van der Waals surface area contributed by atoms with Crippen LogP contribution in [0.1, 0.15) is 4.88 Å². The summed E-state index contributed by atoms with van der Waals surface area (Å²) in [5.41, 5.74) is 3.80. The molecule has 4 aromatic rings. The first-order chi connectivity index (χ1) is 11.2. The summed E-state index contributed by atoms with van der Waals surface area (Å²) in [7, 11) is 0. The minimum atomic E-state index is 0.0195. The number of benzene rings is 1. The average molecular weight is 342 g/mol. The van der Waals surface area contributed by atoms with E-state index < -0.39 is 0 Å². The van der Waals surface area contributed by atoms with Crippen molar-refractivity contribution in [2.75, 3.05) is 0 Å². The zero-order chi connectivity index (χ0) is 15.8. The van der Waals surface area contributed by atoms with Gasteiger partial charge in [0.1, 0.15) is 10.7 Å². The second kappa shape index (κ2) is 5.77. The number of nitrogens with zero attached hydrogens (tertiary/aromatic N) is 3. The molecule has 0 aliphatic rings. The summed E-state index contributed by atoms with van der Waals surface area (Å²) in [6, 6.07) is 11.6. The smallest absolute Gasteiger partial charge is 0.137 e. The predicted molar refractivity (Wildman–Crippen MR) is 92.7 cm³/mol. The molecule has 0 aliphatic heterocycles. The van der Waals surface area contributed by atoms with Crippen LogP contribution in [0.25, 0.3) is 27.5 Å². The summed E-state index contributed by atoms with van der Waals surface area (Å²) in [6.07, 6.45) is 5.70. The number of fused-ring (bicyclic) bond motifs is 1. The lowest BCUT2D eigenvalue weighted by atomic mass is 10.2. The number of hydrogen-bond acceptors (Lipinski definition) is 4. The maximum absolute atomic E-state index is 9.16. The molecular formula is C17H12ClN3OS. The van der Waals surface area contributed by atoms with Crippen LogP contribution < -0.4 is 0 Å². The highest BCUT2D eigenvalue weighted by Crippen LogP contribution is 2.27. The molecule has 0 saturated carbocycles. The molecule has 0 bridgehead atoms. The number of thiazole rings is 1. The molecule has 1 aromatic carbocycles. The van der Waals surface area contributed by atoms with Crippen LogP contribution in [0.5, 0.6) is 0 Å². The van der Waals surface area contributed by atoms with Crippen molar-refractivity contribution >= 4 is 28.6 Å². The minimum absolute atomic E-state index is 0.0195. The van der Waals surface area contributed by atoms with Crippen molar-refractivity contribution in [2.45, 2.75) is 6.61 Å². The third-order valence-corrected chi connectivity index (χ3v) is 4.83. The second-order valence-electron chi connectivity index (χ2n) is 5.11. The first-order valence-electron chi connectivity index (χ1n) is 7.03. The fourth-order valence-corrected chi connectivity index (χ4v) is 3.28. The van der Waals surface area contributed by atoms with E-state index in [2.05, 4.69) is 9.97 Å². The van der Waals surface area contributed by atoms with Gasteiger partial charge in [0.15, 0.2) is 0 Å². The standard InChI is InChI=1S/C17H12ClN3OS/c18-13-4-1-11(2-5-13)15-9-21-8-12(3-6-16(21)20-15)17-19-7-14(10-22)23-17/h1-9,22H,10H2. The SMILES string of the molecule is OCc1cnc(-c2ccc3nc(-c4ccc(Cl)cc4)cn3c2)s1. The first-order valence-corrected chi connectivity index (χ1v) is 8.23. The normalized spacial score (nSPS) is 11.2. The van der Waals surface area contributed by atoms with Gasteiger partial charge < -0.3 is 9.51 Å². The fraction of sp³-hybridized carbons (Fsp3) is 0.0588. The number of halogens is 1. The summed E-state index contributed by atoms with van der Waals surface area (Å²) in [6.45, 7) is 0.0195. The molecule has 6 heteroatoms. The van der Waals surface area contributed by atoms with E-state index in [1.54, 1.807) is 6.20 Å². The highest BCUT2D eigenvalue weighted by molar-refractivity contribution is 7.15. The molecule has 0 amide bonds. The van der Waals surface area contributed by atoms with E-state index in [-0.39, 0.29) is 6.61 Å². The van der Waals surface area contributed by atoms with Gasteiger partial charge in [-0.15, -0.1) is 11.3 Å². The fourth-order valence-electron chi connectivity index (χ4n) is 2.39. The number of rotatable bonds is 3. The van der Waals surface area contributed by atoms with Crippen LogP contribution in [-0.4, -0.2) is 19.5 Å². The Morgan fingerprint density at radius 3 is 2.57 bits per heavy atom. The van der Waals surface area contributed by atoms with Crippen molar-refractivity contribution in [1.82, 2.24) is 14.4 Å². The Bertz CT molecular complexity index is 975. The van der Waals surface area contributed by atoms with Crippen molar-refractivity contribution in [3.05, 3.63) is 64.9 Å². The molecule has 4 nitrogen and oxygen atoms in total. The molecular weight excluding hydrogens is 330 g/mol. The zero-order valence-corrected chi connectivity index (χ0v) is 13.6. The monoisotopic (exact) mass is 341 g/mol.